The van der Waals surface area contributed by atoms with Gasteiger partial charge in [-0.3, -0.25) is 4.79 Å². The molecule has 1 aromatic heterocycles. The molecule has 4 heteroatoms. The highest BCUT2D eigenvalue weighted by atomic mass is 16.5. The first-order valence-electron chi connectivity index (χ1n) is 6.74. The number of nitrogens with one attached hydrogen (secondary N) is 1. The summed E-state index contributed by atoms with van der Waals surface area (Å²) in [6, 6.07) is 15.9. The molecule has 4 nitrogen and oxygen atoms in total. The lowest BCUT2D eigenvalue weighted by molar-refractivity contribution is 0.101. The van der Waals surface area contributed by atoms with Crippen LogP contribution in [0.5, 0.6) is 0 Å². The van der Waals surface area contributed by atoms with Gasteiger partial charge in [-0.1, -0.05) is 35.5 Å². The number of anilines is 1. The van der Waals surface area contributed by atoms with E-state index >= 15 is 0 Å². The lowest BCUT2D eigenvalue weighted by Gasteiger charge is -2.06. The summed E-state index contributed by atoms with van der Waals surface area (Å²) >= 11 is 0. The third kappa shape index (κ3) is 2.01. The zero-order valence-corrected chi connectivity index (χ0v) is 11.2. The van der Waals surface area contributed by atoms with E-state index in [0.29, 0.717) is 0 Å². The molecule has 0 radical (unpaired) electrons. The zero-order chi connectivity index (χ0) is 14.2. The average Bonchev–Trinajstić information content (AvgIpc) is 3.14. The standard InChI is InChI=1S/C17H12N2O2/c20-17(16-7-8-21-19-16)18-13-5-6-15-12(10-13)9-11-3-1-2-4-14(11)15/h1-8,10H,9H2,(H,18,20). The minimum Gasteiger partial charge on any atom is -0.364 e. The van der Waals surface area contributed by atoms with Crippen LogP contribution in [0.15, 0.2) is 59.3 Å². The van der Waals surface area contributed by atoms with Crippen LogP contribution in [0.2, 0.25) is 0 Å². The van der Waals surface area contributed by atoms with Gasteiger partial charge >= 0.3 is 0 Å². The fourth-order valence-electron chi connectivity index (χ4n) is 2.75. The number of hydrogen-bond donors (Lipinski definition) is 1. The maximum Gasteiger partial charge on any atom is 0.277 e. The summed E-state index contributed by atoms with van der Waals surface area (Å²) in [7, 11) is 0. The second kappa shape index (κ2) is 4.59. The van der Waals surface area contributed by atoms with E-state index in [2.05, 4.69) is 39.3 Å². The topological polar surface area (TPSA) is 55.1 Å². The van der Waals surface area contributed by atoms with E-state index < -0.39 is 0 Å². The van der Waals surface area contributed by atoms with Crippen molar-refractivity contribution in [2.75, 3.05) is 5.32 Å². The van der Waals surface area contributed by atoms with Crippen LogP contribution in [-0.2, 0) is 6.42 Å². The second-order valence-corrected chi connectivity index (χ2v) is 5.04. The van der Waals surface area contributed by atoms with Crippen LogP contribution in [0, 0.1) is 0 Å². The molecule has 0 spiro atoms. The first-order valence-corrected chi connectivity index (χ1v) is 6.74. The molecule has 4 rings (SSSR count). The Kier molecular flexibility index (Phi) is 2.60. The molecule has 0 bridgehead atoms. The molecule has 0 aliphatic heterocycles. The van der Waals surface area contributed by atoms with Crippen molar-refractivity contribution in [3.63, 3.8) is 0 Å². The highest BCUT2D eigenvalue weighted by Gasteiger charge is 2.18. The first-order chi connectivity index (χ1) is 10.3. The van der Waals surface area contributed by atoms with Crippen molar-refractivity contribution < 1.29 is 9.32 Å². The molecule has 0 unspecified atom stereocenters. The Labute approximate surface area is 121 Å². The summed E-state index contributed by atoms with van der Waals surface area (Å²) < 4.78 is 4.68. The number of amides is 1. The quantitative estimate of drug-likeness (QED) is 0.609. The van der Waals surface area contributed by atoms with Crippen molar-refractivity contribution in [3.8, 4) is 11.1 Å². The van der Waals surface area contributed by atoms with E-state index in [4.69, 9.17) is 0 Å². The maximum atomic E-state index is 12.0. The molecule has 0 atom stereocenters. The minimum atomic E-state index is -0.265. The monoisotopic (exact) mass is 276 g/mol. The Morgan fingerprint density at radius 1 is 1.05 bits per heavy atom. The van der Waals surface area contributed by atoms with E-state index in [0.717, 1.165) is 12.1 Å². The smallest absolute Gasteiger partial charge is 0.277 e. The number of rotatable bonds is 2. The highest BCUT2D eigenvalue weighted by molar-refractivity contribution is 6.03. The molecule has 3 aromatic rings. The van der Waals surface area contributed by atoms with Crippen LogP contribution in [0.3, 0.4) is 0 Å². The molecule has 1 heterocycles. The molecule has 2 aromatic carbocycles. The van der Waals surface area contributed by atoms with Gasteiger partial charge in [-0.05, 0) is 40.8 Å². The van der Waals surface area contributed by atoms with Gasteiger partial charge in [0.25, 0.3) is 5.91 Å². The number of benzene rings is 2. The van der Waals surface area contributed by atoms with Crippen LogP contribution in [0.1, 0.15) is 21.6 Å². The molecule has 102 valence electrons. The van der Waals surface area contributed by atoms with Crippen molar-refractivity contribution in [1.82, 2.24) is 5.16 Å². The third-order valence-corrected chi connectivity index (χ3v) is 3.72. The van der Waals surface area contributed by atoms with Gasteiger partial charge in [0.15, 0.2) is 5.69 Å². The molecule has 0 fully saturated rings. The lowest BCUT2D eigenvalue weighted by atomic mass is 10.1. The Hall–Kier alpha value is -2.88. The number of aromatic nitrogens is 1. The molecule has 1 aliphatic carbocycles. The number of hydrogen-bond acceptors (Lipinski definition) is 3. The summed E-state index contributed by atoms with van der Waals surface area (Å²) in [4.78, 5) is 12.0. The van der Waals surface area contributed by atoms with Crippen molar-refractivity contribution in [2.45, 2.75) is 6.42 Å². The van der Waals surface area contributed by atoms with E-state index in [9.17, 15) is 4.79 Å². The van der Waals surface area contributed by atoms with Crippen LogP contribution < -0.4 is 5.32 Å². The Morgan fingerprint density at radius 3 is 2.76 bits per heavy atom. The number of fused-ring (bicyclic) bond motifs is 3. The molecule has 0 saturated carbocycles. The first kappa shape index (κ1) is 11.9. The molecule has 1 aliphatic rings. The summed E-state index contributed by atoms with van der Waals surface area (Å²) in [6.07, 6.45) is 2.29. The van der Waals surface area contributed by atoms with Gasteiger partial charge in [-0.25, -0.2) is 0 Å². The number of carbonyl (C=O) groups is 1. The van der Waals surface area contributed by atoms with Crippen molar-refractivity contribution in [2.24, 2.45) is 0 Å². The van der Waals surface area contributed by atoms with Crippen molar-refractivity contribution in [3.05, 3.63) is 71.6 Å². The highest BCUT2D eigenvalue weighted by Crippen LogP contribution is 2.37. The molecule has 1 amide bonds. The Bertz CT molecular complexity index is 823. The number of carbonyl (C=O) groups excluding carboxylic acids is 1. The van der Waals surface area contributed by atoms with Gasteiger partial charge in [0, 0.05) is 11.8 Å². The Morgan fingerprint density at radius 2 is 1.90 bits per heavy atom. The lowest BCUT2D eigenvalue weighted by Crippen LogP contribution is -2.12. The molecule has 0 saturated heterocycles. The van der Waals surface area contributed by atoms with Crippen molar-refractivity contribution in [1.29, 1.82) is 0 Å². The minimum absolute atomic E-state index is 0.265. The molecular weight excluding hydrogens is 264 g/mol. The molecular formula is C17H12N2O2. The van der Waals surface area contributed by atoms with Gasteiger partial charge < -0.3 is 9.84 Å². The van der Waals surface area contributed by atoms with Gasteiger partial charge in [0.1, 0.15) is 6.26 Å². The number of nitrogens with zero attached hydrogens (tertiary/aromatic N) is 1. The van der Waals surface area contributed by atoms with Gasteiger partial charge in [-0.15, -0.1) is 0 Å². The SMILES string of the molecule is O=C(Nc1ccc2c(c1)Cc1ccccc1-2)c1ccon1. The summed E-state index contributed by atoms with van der Waals surface area (Å²) in [5.74, 6) is -0.265. The van der Waals surface area contributed by atoms with E-state index in [1.807, 2.05) is 18.2 Å². The van der Waals surface area contributed by atoms with Crippen LogP contribution in [-0.4, -0.2) is 11.1 Å². The van der Waals surface area contributed by atoms with E-state index in [1.54, 1.807) is 6.07 Å². The van der Waals surface area contributed by atoms with Crippen LogP contribution in [0.4, 0.5) is 5.69 Å². The van der Waals surface area contributed by atoms with Crippen molar-refractivity contribution >= 4 is 11.6 Å². The van der Waals surface area contributed by atoms with Crippen LogP contribution in [0.25, 0.3) is 11.1 Å². The largest absolute Gasteiger partial charge is 0.364 e. The van der Waals surface area contributed by atoms with Crippen LogP contribution >= 0.6 is 0 Å². The predicted molar refractivity (Wildman–Crippen MR) is 79.1 cm³/mol. The third-order valence-electron chi connectivity index (χ3n) is 3.72. The predicted octanol–water partition coefficient (Wildman–Crippen LogP) is 3.50. The fraction of sp³-hybridized carbons (Fsp3) is 0.0588. The fourth-order valence-corrected chi connectivity index (χ4v) is 2.75. The van der Waals surface area contributed by atoms with Gasteiger partial charge in [0.2, 0.25) is 0 Å². The molecule has 21 heavy (non-hydrogen) atoms. The van der Waals surface area contributed by atoms with E-state index in [-0.39, 0.29) is 11.6 Å². The zero-order valence-electron chi connectivity index (χ0n) is 11.2. The van der Waals surface area contributed by atoms with E-state index in [1.165, 1.54) is 28.5 Å². The maximum absolute atomic E-state index is 12.0. The average molecular weight is 276 g/mol. The normalized spacial score (nSPS) is 11.8. The second-order valence-electron chi connectivity index (χ2n) is 5.04. The molecule has 1 N–H and O–H groups in total. The Balaban J connectivity index is 1.63. The van der Waals surface area contributed by atoms with Gasteiger partial charge in [0.05, 0.1) is 0 Å². The summed E-state index contributed by atoms with van der Waals surface area (Å²) in [5, 5.41) is 6.47. The summed E-state index contributed by atoms with van der Waals surface area (Å²) in [5.41, 5.74) is 6.13. The summed E-state index contributed by atoms with van der Waals surface area (Å²) in [6.45, 7) is 0. The van der Waals surface area contributed by atoms with Gasteiger partial charge in [-0.2, -0.15) is 0 Å².